The maximum Gasteiger partial charge on any atom is 0.237 e. The molecule has 1 aromatic rings. The molecular formula is C21H31FN4O5S. The molecule has 2 fully saturated rings. The zero-order valence-electron chi connectivity index (χ0n) is 18.5. The number of nitrogens with one attached hydrogen (secondary N) is 1. The minimum absolute atomic E-state index is 0.0133. The Hall–Kier alpha value is -2.24. The van der Waals surface area contributed by atoms with Gasteiger partial charge in [-0.15, -0.1) is 0 Å². The van der Waals surface area contributed by atoms with Crippen LogP contribution < -0.4 is 9.46 Å². The number of rotatable bonds is 7. The smallest absolute Gasteiger partial charge is 0.237 e. The van der Waals surface area contributed by atoms with Crippen LogP contribution in [-0.2, 0) is 19.6 Å². The van der Waals surface area contributed by atoms with E-state index in [9.17, 15) is 22.4 Å². The number of likely N-dealkylation sites (N-methyl/N-ethyl adjacent to an activating group) is 1. The highest BCUT2D eigenvalue weighted by Gasteiger charge is 2.35. The van der Waals surface area contributed by atoms with E-state index in [0.29, 0.717) is 31.8 Å². The number of likely N-dealkylation sites (tertiary alicyclic amines) is 1. The molecule has 2 aliphatic rings. The Bertz CT molecular complexity index is 903. The van der Waals surface area contributed by atoms with Gasteiger partial charge in [-0.3, -0.25) is 9.59 Å². The van der Waals surface area contributed by atoms with E-state index < -0.39 is 10.0 Å². The summed E-state index contributed by atoms with van der Waals surface area (Å²) in [7, 11) is -1.46. The van der Waals surface area contributed by atoms with Crippen molar-refractivity contribution < 1.29 is 27.1 Å². The number of hydrogen-bond donors (Lipinski definition) is 1. The number of nitrogens with zero attached hydrogens (tertiary/aromatic N) is 3. The first kappa shape index (κ1) is 24.4. The minimum Gasteiger partial charge on any atom is -0.490 e. The summed E-state index contributed by atoms with van der Waals surface area (Å²) in [6.45, 7) is 3.30. The highest BCUT2D eigenvalue weighted by atomic mass is 32.2. The average molecular weight is 471 g/mol. The van der Waals surface area contributed by atoms with Crippen molar-refractivity contribution in [3.8, 4) is 5.75 Å². The van der Waals surface area contributed by atoms with E-state index in [1.165, 1.54) is 12.1 Å². The molecule has 32 heavy (non-hydrogen) atoms. The average Bonchev–Trinajstić information content (AvgIpc) is 2.74. The standard InChI is InChI=1S/C21H31FN4O5S/c1-24-9-11-25(12-10-24)20(27)13-16-15-26(21(28)14-23-32(2,29)30)8-7-19(16)31-18-5-3-17(22)4-6-18/h3-6,16,19,23H,7-15H2,1-2H3/t16-,19-/m0/s1. The normalized spacial score (nSPS) is 22.6. The molecule has 2 aliphatic heterocycles. The summed E-state index contributed by atoms with van der Waals surface area (Å²) in [6, 6.07) is 5.72. The Morgan fingerprint density at radius 1 is 1.06 bits per heavy atom. The van der Waals surface area contributed by atoms with E-state index in [0.717, 1.165) is 19.3 Å². The Kier molecular flexibility index (Phi) is 8.07. The predicted molar refractivity (Wildman–Crippen MR) is 117 cm³/mol. The van der Waals surface area contributed by atoms with Gasteiger partial charge in [0.1, 0.15) is 17.7 Å². The first-order chi connectivity index (χ1) is 15.1. The first-order valence-corrected chi connectivity index (χ1v) is 12.6. The summed E-state index contributed by atoms with van der Waals surface area (Å²) in [5.74, 6) is -0.444. The van der Waals surface area contributed by atoms with Crippen molar-refractivity contribution in [2.24, 2.45) is 5.92 Å². The van der Waals surface area contributed by atoms with Crippen LogP contribution in [0, 0.1) is 11.7 Å². The van der Waals surface area contributed by atoms with E-state index in [2.05, 4.69) is 9.62 Å². The molecule has 1 N–H and O–H groups in total. The van der Waals surface area contributed by atoms with Crippen molar-refractivity contribution in [1.82, 2.24) is 19.4 Å². The monoisotopic (exact) mass is 470 g/mol. The number of piperidine rings is 1. The number of ether oxygens (including phenoxy) is 1. The van der Waals surface area contributed by atoms with Gasteiger partial charge >= 0.3 is 0 Å². The molecule has 3 rings (SSSR count). The van der Waals surface area contributed by atoms with Crippen LogP contribution in [0.5, 0.6) is 5.75 Å². The molecule has 0 spiro atoms. The molecule has 0 saturated carbocycles. The molecule has 1 aromatic carbocycles. The molecule has 0 bridgehead atoms. The van der Waals surface area contributed by atoms with Crippen LogP contribution in [0.25, 0.3) is 0 Å². The van der Waals surface area contributed by atoms with Crippen molar-refractivity contribution in [2.75, 3.05) is 59.1 Å². The lowest BCUT2D eigenvalue weighted by Gasteiger charge is -2.40. The largest absolute Gasteiger partial charge is 0.490 e. The summed E-state index contributed by atoms with van der Waals surface area (Å²) >= 11 is 0. The molecule has 0 aromatic heterocycles. The van der Waals surface area contributed by atoms with Crippen LogP contribution in [0.3, 0.4) is 0 Å². The van der Waals surface area contributed by atoms with Crippen LogP contribution in [0.1, 0.15) is 12.8 Å². The zero-order valence-corrected chi connectivity index (χ0v) is 19.3. The SMILES string of the molecule is CN1CCN(C(=O)C[C@H]2CN(C(=O)CNS(C)(=O)=O)CC[C@@H]2Oc2ccc(F)cc2)CC1. The Balaban J connectivity index is 1.67. The van der Waals surface area contributed by atoms with Crippen molar-refractivity contribution in [1.29, 1.82) is 0 Å². The molecule has 0 aliphatic carbocycles. The minimum atomic E-state index is -3.48. The lowest BCUT2D eigenvalue weighted by Crippen LogP contribution is -2.52. The summed E-state index contributed by atoms with van der Waals surface area (Å²) in [5.41, 5.74) is 0. The molecule has 2 saturated heterocycles. The molecule has 0 radical (unpaired) electrons. The number of sulfonamides is 1. The van der Waals surface area contributed by atoms with Crippen molar-refractivity contribution in [2.45, 2.75) is 18.9 Å². The second-order valence-electron chi connectivity index (χ2n) is 8.48. The van der Waals surface area contributed by atoms with Crippen molar-refractivity contribution in [3.05, 3.63) is 30.1 Å². The van der Waals surface area contributed by atoms with Gasteiger partial charge in [0.25, 0.3) is 0 Å². The van der Waals surface area contributed by atoms with Gasteiger partial charge in [0, 0.05) is 58.0 Å². The van der Waals surface area contributed by atoms with Gasteiger partial charge in [0.15, 0.2) is 0 Å². The van der Waals surface area contributed by atoms with E-state index >= 15 is 0 Å². The maximum absolute atomic E-state index is 13.2. The van der Waals surface area contributed by atoms with Crippen molar-refractivity contribution in [3.63, 3.8) is 0 Å². The van der Waals surface area contributed by atoms with Gasteiger partial charge < -0.3 is 19.4 Å². The number of hydrogen-bond acceptors (Lipinski definition) is 6. The van der Waals surface area contributed by atoms with Crippen LogP contribution in [0.2, 0.25) is 0 Å². The van der Waals surface area contributed by atoms with E-state index in [1.807, 2.05) is 11.9 Å². The van der Waals surface area contributed by atoms with Crippen LogP contribution in [-0.4, -0.2) is 100 Å². The van der Waals surface area contributed by atoms with Crippen LogP contribution >= 0.6 is 0 Å². The summed E-state index contributed by atoms with van der Waals surface area (Å²) in [6.07, 6.45) is 1.39. The van der Waals surface area contributed by atoms with Gasteiger partial charge in [-0.2, -0.15) is 0 Å². The fraction of sp³-hybridized carbons (Fsp3) is 0.619. The topological polar surface area (TPSA) is 99.3 Å². The third kappa shape index (κ3) is 7.14. The second-order valence-corrected chi connectivity index (χ2v) is 10.3. The highest BCUT2D eigenvalue weighted by molar-refractivity contribution is 7.88. The lowest BCUT2D eigenvalue weighted by atomic mass is 9.90. The maximum atomic E-state index is 13.2. The van der Waals surface area contributed by atoms with Gasteiger partial charge in [0.2, 0.25) is 21.8 Å². The van der Waals surface area contributed by atoms with Crippen molar-refractivity contribution >= 4 is 21.8 Å². The van der Waals surface area contributed by atoms with Crippen LogP contribution in [0.4, 0.5) is 4.39 Å². The molecule has 2 heterocycles. The summed E-state index contributed by atoms with van der Waals surface area (Å²) in [5, 5.41) is 0. The van der Waals surface area contributed by atoms with E-state index in [4.69, 9.17) is 4.74 Å². The summed E-state index contributed by atoms with van der Waals surface area (Å²) in [4.78, 5) is 31.1. The number of carbonyl (C=O) groups excluding carboxylic acids is 2. The van der Waals surface area contributed by atoms with Gasteiger partial charge in [0.05, 0.1) is 12.8 Å². The van der Waals surface area contributed by atoms with Crippen LogP contribution in [0.15, 0.2) is 24.3 Å². The van der Waals surface area contributed by atoms with E-state index in [-0.39, 0.29) is 49.2 Å². The number of carbonyl (C=O) groups is 2. The molecule has 2 atom stereocenters. The third-order valence-electron chi connectivity index (χ3n) is 5.90. The Morgan fingerprint density at radius 3 is 2.34 bits per heavy atom. The fourth-order valence-corrected chi connectivity index (χ4v) is 4.38. The molecule has 2 amide bonds. The number of piperazine rings is 1. The lowest BCUT2D eigenvalue weighted by molar-refractivity contribution is -0.139. The zero-order chi connectivity index (χ0) is 23.3. The van der Waals surface area contributed by atoms with Gasteiger partial charge in [-0.1, -0.05) is 0 Å². The Labute approximate surface area is 188 Å². The summed E-state index contributed by atoms with van der Waals surface area (Å²) < 4.78 is 44.2. The fourth-order valence-electron chi connectivity index (χ4n) is 3.99. The first-order valence-electron chi connectivity index (χ1n) is 10.7. The van der Waals surface area contributed by atoms with Gasteiger partial charge in [-0.25, -0.2) is 17.5 Å². The van der Waals surface area contributed by atoms with Gasteiger partial charge in [-0.05, 0) is 31.3 Å². The highest BCUT2D eigenvalue weighted by Crippen LogP contribution is 2.27. The molecular weight excluding hydrogens is 439 g/mol. The Morgan fingerprint density at radius 2 is 1.72 bits per heavy atom. The third-order valence-corrected chi connectivity index (χ3v) is 6.57. The second kappa shape index (κ2) is 10.6. The number of amides is 2. The number of halogens is 1. The van der Waals surface area contributed by atoms with E-state index in [1.54, 1.807) is 17.0 Å². The molecule has 9 nitrogen and oxygen atoms in total. The molecule has 0 unspecified atom stereocenters. The molecule has 178 valence electrons. The molecule has 11 heteroatoms. The predicted octanol–water partition coefficient (Wildman–Crippen LogP) is 0.135. The quantitative estimate of drug-likeness (QED) is 0.609. The number of benzene rings is 1.